The minimum atomic E-state index is -3.77. The van der Waals surface area contributed by atoms with Crippen molar-refractivity contribution in [1.29, 1.82) is 0 Å². The van der Waals surface area contributed by atoms with Gasteiger partial charge in [-0.25, -0.2) is 23.5 Å². The van der Waals surface area contributed by atoms with Crippen LogP contribution in [0.5, 0.6) is 5.75 Å². The van der Waals surface area contributed by atoms with Crippen molar-refractivity contribution in [3.63, 3.8) is 0 Å². The lowest BCUT2D eigenvalue weighted by molar-refractivity contribution is 0.271. The molecule has 0 amide bonds. The SMILES string of the molecule is CC(C)COc1ccc(CNc2ncc(S(N)(=O)=O)cn2)cc1. The number of hydrogen-bond acceptors (Lipinski definition) is 6. The average Bonchev–Trinajstić information content (AvgIpc) is 2.51. The molecule has 2 rings (SSSR count). The van der Waals surface area contributed by atoms with Crippen LogP contribution in [0, 0.1) is 5.92 Å². The number of nitrogens with two attached hydrogens (primary N) is 1. The van der Waals surface area contributed by atoms with E-state index >= 15 is 0 Å². The quantitative estimate of drug-likeness (QED) is 0.798. The molecule has 23 heavy (non-hydrogen) atoms. The van der Waals surface area contributed by atoms with E-state index in [4.69, 9.17) is 9.88 Å². The number of anilines is 1. The average molecular weight is 336 g/mol. The van der Waals surface area contributed by atoms with Crippen LogP contribution in [0.3, 0.4) is 0 Å². The summed E-state index contributed by atoms with van der Waals surface area (Å²) in [4.78, 5) is 7.73. The second-order valence-electron chi connectivity index (χ2n) is 5.49. The first-order valence-electron chi connectivity index (χ1n) is 7.15. The lowest BCUT2D eigenvalue weighted by Crippen LogP contribution is -2.13. The molecule has 0 atom stereocenters. The number of aromatic nitrogens is 2. The van der Waals surface area contributed by atoms with Crippen LogP contribution >= 0.6 is 0 Å². The summed E-state index contributed by atoms with van der Waals surface area (Å²) in [7, 11) is -3.77. The Balaban J connectivity index is 1.90. The Hall–Kier alpha value is -2.19. The first kappa shape index (κ1) is 17.2. The van der Waals surface area contributed by atoms with Crippen molar-refractivity contribution in [1.82, 2.24) is 9.97 Å². The maximum atomic E-state index is 11.1. The molecule has 0 radical (unpaired) electrons. The number of sulfonamides is 1. The van der Waals surface area contributed by atoms with Gasteiger partial charge in [0, 0.05) is 6.54 Å². The molecule has 0 spiro atoms. The van der Waals surface area contributed by atoms with E-state index in [0.29, 0.717) is 25.0 Å². The zero-order chi connectivity index (χ0) is 16.9. The zero-order valence-electron chi connectivity index (χ0n) is 13.1. The van der Waals surface area contributed by atoms with Gasteiger partial charge >= 0.3 is 0 Å². The number of hydrogen-bond donors (Lipinski definition) is 2. The molecular formula is C15H20N4O3S. The van der Waals surface area contributed by atoms with E-state index in [1.807, 2.05) is 24.3 Å². The van der Waals surface area contributed by atoms with Crippen LogP contribution in [0.4, 0.5) is 5.95 Å². The molecule has 0 unspecified atom stereocenters. The van der Waals surface area contributed by atoms with E-state index in [0.717, 1.165) is 11.3 Å². The molecule has 124 valence electrons. The van der Waals surface area contributed by atoms with E-state index in [1.54, 1.807) is 0 Å². The minimum absolute atomic E-state index is 0.116. The number of nitrogens with one attached hydrogen (secondary N) is 1. The van der Waals surface area contributed by atoms with Crippen LogP contribution < -0.4 is 15.2 Å². The summed E-state index contributed by atoms with van der Waals surface area (Å²) < 4.78 is 27.8. The highest BCUT2D eigenvalue weighted by atomic mass is 32.2. The molecule has 1 aromatic carbocycles. The summed E-state index contributed by atoms with van der Waals surface area (Å²) in [6, 6.07) is 7.71. The monoisotopic (exact) mass is 336 g/mol. The van der Waals surface area contributed by atoms with Gasteiger partial charge < -0.3 is 10.1 Å². The summed E-state index contributed by atoms with van der Waals surface area (Å²) in [6.07, 6.45) is 2.35. The lowest BCUT2D eigenvalue weighted by atomic mass is 10.2. The molecule has 0 saturated carbocycles. The summed E-state index contributed by atoms with van der Waals surface area (Å²) >= 11 is 0. The van der Waals surface area contributed by atoms with Crippen molar-refractivity contribution in [2.24, 2.45) is 11.1 Å². The first-order valence-corrected chi connectivity index (χ1v) is 8.69. The molecule has 0 aliphatic rings. The molecule has 0 fully saturated rings. The highest BCUT2D eigenvalue weighted by Crippen LogP contribution is 2.14. The number of rotatable bonds is 7. The van der Waals surface area contributed by atoms with Crippen LogP contribution in [0.2, 0.25) is 0 Å². The van der Waals surface area contributed by atoms with Gasteiger partial charge in [-0.2, -0.15) is 0 Å². The molecule has 0 saturated heterocycles. The van der Waals surface area contributed by atoms with E-state index in [2.05, 4.69) is 29.1 Å². The second-order valence-corrected chi connectivity index (χ2v) is 7.05. The van der Waals surface area contributed by atoms with Crippen molar-refractivity contribution in [2.75, 3.05) is 11.9 Å². The van der Waals surface area contributed by atoms with E-state index in [-0.39, 0.29) is 4.90 Å². The first-order chi connectivity index (χ1) is 10.8. The largest absolute Gasteiger partial charge is 0.493 e. The zero-order valence-corrected chi connectivity index (χ0v) is 13.9. The van der Waals surface area contributed by atoms with E-state index < -0.39 is 10.0 Å². The van der Waals surface area contributed by atoms with Gasteiger partial charge in [0.2, 0.25) is 16.0 Å². The van der Waals surface area contributed by atoms with E-state index in [9.17, 15) is 8.42 Å². The van der Waals surface area contributed by atoms with Crippen molar-refractivity contribution in [2.45, 2.75) is 25.3 Å². The molecule has 0 aliphatic heterocycles. The number of primary sulfonamides is 1. The standard InChI is InChI=1S/C15H20N4O3S/c1-11(2)10-22-13-5-3-12(4-6-13)7-17-15-18-8-14(9-19-15)23(16,20)21/h3-6,8-9,11H,7,10H2,1-2H3,(H2,16,20,21)(H,17,18,19). The van der Waals surface area contributed by atoms with Gasteiger partial charge in [-0.3, -0.25) is 0 Å². The highest BCUT2D eigenvalue weighted by Gasteiger charge is 2.08. The number of ether oxygens (including phenoxy) is 1. The lowest BCUT2D eigenvalue weighted by Gasteiger charge is -2.09. The summed E-state index contributed by atoms with van der Waals surface area (Å²) in [6.45, 7) is 5.39. The Kier molecular flexibility index (Phi) is 5.51. The van der Waals surface area contributed by atoms with Gasteiger partial charge in [0.25, 0.3) is 0 Å². The molecule has 3 N–H and O–H groups in total. The molecule has 8 heteroatoms. The van der Waals surface area contributed by atoms with Crippen LogP contribution in [0.25, 0.3) is 0 Å². The number of benzene rings is 1. The van der Waals surface area contributed by atoms with Gasteiger partial charge in [0.15, 0.2) is 0 Å². The summed E-state index contributed by atoms with van der Waals surface area (Å²) in [5, 5.41) is 8.00. The van der Waals surface area contributed by atoms with Crippen LogP contribution in [-0.4, -0.2) is 25.0 Å². The predicted octanol–water partition coefficient (Wildman–Crippen LogP) is 1.77. The van der Waals surface area contributed by atoms with Crippen LogP contribution in [-0.2, 0) is 16.6 Å². The molecule has 0 bridgehead atoms. The topological polar surface area (TPSA) is 107 Å². The number of nitrogens with zero attached hydrogens (tertiary/aromatic N) is 2. The molecule has 0 aliphatic carbocycles. The fraction of sp³-hybridized carbons (Fsp3) is 0.333. The second kappa shape index (κ2) is 7.38. The Labute approximate surface area is 136 Å². The Morgan fingerprint density at radius 2 is 1.78 bits per heavy atom. The minimum Gasteiger partial charge on any atom is -0.493 e. The predicted molar refractivity (Wildman–Crippen MR) is 87.5 cm³/mol. The smallest absolute Gasteiger partial charge is 0.241 e. The molecular weight excluding hydrogens is 316 g/mol. The maximum Gasteiger partial charge on any atom is 0.241 e. The Morgan fingerprint density at radius 3 is 2.30 bits per heavy atom. The van der Waals surface area contributed by atoms with E-state index in [1.165, 1.54) is 12.4 Å². The third-order valence-corrected chi connectivity index (χ3v) is 3.78. The Morgan fingerprint density at radius 1 is 1.17 bits per heavy atom. The molecule has 1 aromatic heterocycles. The molecule has 2 aromatic rings. The van der Waals surface area contributed by atoms with Gasteiger partial charge in [0.05, 0.1) is 19.0 Å². The highest BCUT2D eigenvalue weighted by molar-refractivity contribution is 7.89. The van der Waals surface area contributed by atoms with Crippen LogP contribution in [0.1, 0.15) is 19.4 Å². The van der Waals surface area contributed by atoms with Gasteiger partial charge in [-0.1, -0.05) is 26.0 Å². The van der Waals surface area contributed by atoms with Gasteiger partial charge in [-0.15, -0.1) is 0 Å². The normalized spacial score (nSPS) is 11.5. The van der Waals surface area contributed by atoms with Crippen LogP contribution in [0.15, 0.2) is 41.6 Å². The maximum absolute atomic E-state index is 11.1. The molecule has 1 heterocycles. The van der Waals surface area contributed by atoms with Crippen molar-refractivity contribution < 1.29 is 13.2 Å². The summed E-state index contributed by atoms with van der Waals surface area (Å²) in [5.74, 6) is 1.64. The third-order valence-electron chi connectivity index (χ3n) is 2.91. The fourth-order valence-electron chi connectivity index (χ4n) is 1.70. The van der Waals surface area contributed by atoms with Crippen molar-refractivity contribution in [3.05, 3.63) is 42.2 Å². The third kappa shape index (κ3) is 5.50. The van der Waals surface area contributed by atoms with Gasteiger partial charge in [0.1, 0.15) is 10.6 Å². The fourth-order valence-corrected chi connectivity index (χ4v) is 2.10. The van der Waals surface area contributed by atoms with Crippen molar-refractivity contribution >= 4 is 16.0 Å². The summed E-state index contributed by atoms with van der Waals surface area (Å²) in [5.41, 5.74) is 1.03. The van der Waals surface area contributed by atoms with Gasteiger partial charge in [-0.05, 0) is 23.6 Å². The Bertz CT molecular complexity index is 728. The van der Waals surface area contributed by atoms with Crippen molar-refractivity contribution in [3.8, 4) is 5.75 Å². The molecule has 7 nitrogen and oxygen atoms in total.